The SMILES string of the molecule is COc1c(Cl)c(C)c(C=O)c(O)c1C/C=C(C)/C=C/[C@@]1(C)[C@H](C)CCC(=NOC(=O)CN(C)C)[C@@H]1C.Cl. The summed E-state index contributed by atoms with van der Waals surface area (Å²) >= 11 is 6.39. The number of carbonyl (C=O) groups excluding carboxylic acids is 2. The summed E-state index contributed by atoms with van der Waals surface area (Å²) in [6.45, 7) is 10.4. The number of ether oxygens (including phenoxy) is 1. The fourth-order valence-electron chi connectivity index (χ4n) is 4.56. The Hall–Kier alpha value is -2.35. The van der Waals surface area contributed by atoms with Crippen molar-refractivity contribution in [2.75, 3.05) is 27.7 Å². The highest BCUT2D eigenvalue weighted by molar-refractivity contribution is 6.33. The number of aromatic hydroxyl groups is 1. The smallest absolute Gasteiger partial charge is 0.348 e. The second kappa shape index (κ2) is 14.0. The molecule has 9 heteroatoms. The molecule has 206 valence electrons. The topological polar surface area (TPSA) is 88.4 Å². The van der Waals surface area contributed by atoms with Crippen LogP contribution in [0.3, 0.4) is 0 Å². The largest absolute Gasteiger partial charge is 0.507 e. The van der Waals surface area contributed by atoms with E-state index in [1.807, 2.05) is 27.1 Å². The fourth-order valence-corrected chi connectivity index (χ4v) is 4.86. The minimum atomic E-state index is -0.373. The average molecular weight is 556 g/mol. The molecule has 7 nitrogen and oxygen atoms in total. The van der Waals surface area contributed by atoms with Gasteiger partial charge in [0.05, 0.1) is 30.0 Å². The monoisotopic (exact) mass is 554 g/mol. The lowest BCUT2D eigenvalue weighted by Crippen LogP contribution is -2.40. The highest BCUT2D eigenvalue weighted by Gasteiger charge is 2.41. The number of allylic oxidation sites excluding steroid dienone is 4. The Morgan fingerprint density at radius 3 is 2.54 bits per heavy atom. The Bertz CT molecular complexity index is 1080. The van der Waals surface area contributed by atoms with Gasteiger partial charge in [-0.25, -0.2) is 4.79 Å². The van der Waals surface area contributed by atoms with Crippen molar-refractivity contribution < 1.29 is 24.3 Å². The number of carbonyl (C=O) groups is 2. The van der Waals surface area contributed by atoms with E-state index in [1.54, 1.807) is 11.8 Å². The molecule has 1 N–H and O–H groups in total. The zero-order chi connectivity index (χ0) is 27.2. The molecule has 1 aliphatic rings. The van der Waals surface area contributed by atoms with E-state index < -0.39 is 0 Å². The number of aldehydes is 1. The van der Waals surface area contributed by atoms with Crippen molar-refractivity contribution in [3.05, 3.63) is 45.5 Å². The highest BCUT2D eigenvalue weighted by Crippen LogP contribution is 2.45. The van der Waals surface area contributed by atoms with Crippen LogP contribution in [0.1, 0.15) is 62.0 Å². The van der Waals surface area contributed by atoms with Gasteiger partial charge in [-0.3, -0.25) is 9.69 Å². The first-order valence-corrected chi connectivity index (χ1v) is 12.5. The average Bonchev–Trinajstić information content (AvgIpc) is 2.82. The van der Waals surface area contributed by atoms with E-state index in [0.717, 1.165) is 24.1 Å². The number of methoxy groups -OCH3 is 1. The molecule has 0 spiro atoms. The van der Waals surface area contributed by atoms with E-state index in [4.69, 9.17) is 21.2 Å². The molecule has 37 heavy (non-hydrogen) atoms. The molecule has 1 fully saturated rings. The zero-order valence-corrected chi connectivity index (χ0v) is 24.6. The van der Waals surface area contributed by atoms with Crippen LogP contribution in [-0.4, -0.2) is 55.7 Å². The number of oxime groups is 1. The van der Waals surface area contributed by atoms with Gasteiger partial charge in [0.15, 0.2) is 6.29 Å². The molecule has 1 saturated carbocycles. The number of hydrogen-bond acceptors (Lipinski definition) is 7. The summed E-state index contributed by atoms with van der Waals surface area (Å²) in [4.78, 5) is 30.4. The summed E-state index contributed by atoms with van der Waals surface area (Å²) in [6.07, 6.45) is 8.92. The summed E-state index contributed by atoms with van der Waals surface area (Å²) in [5, 5.41) is 15.2. The third-order valence-electron chi connectivity index (χ3n) is 7.44. The summed E-state index contributed by atoms with van der Waals surface area (Å²) in [6, 6.07) is 0. The van der Waals surface area contributed by atoms with Gasteiger partial charge in [0.1, 0.15) is 11.5 Å². The van der Waals surface area contributed by atoms with Crippen molar-refractivity contribution >= 4 is 42.0 Å². The lowest BCUT2D eigenvalue weighted by molar-refractivity contribution is -0.144. The Kier molecular flexibility index (Phi) is 12.3. The summed E-state index contributed by atoms with van der Waals surface area (Å²) in [7, 11) is 5.11. The van der Waals surface area contributed by atoms with Crippen LogP contribution in [0.15, 0.2) is 29.0 Å². The number of nitrogens with zero attached hydrogens (tertiary/aromatic N) is 2. The molecule has 0 amide bonds. The highest BCUT2D eigenvalue weighted by atomic mass is 35.5. The van der Waals surface area contributed by atoms with Crippen LogP contribution >= 0.6 is 24.0 Å². The molecular formula is C28H40Cl2N2O5. The molecule has 1 aliphatic carbocycles. The Balaban J connectivity index is 0.00000684. The zero-order valence-electron chi connectivity index (χ0n) is 23.1. The van der Waals surface area contributed by atoms with Crippen molar-refractivity contribution in [2.24, 2.45) is 22.4 Å². The lowest BCUT2D eigenvalue weighted by atomic mass is 9.61. The summed E-state index contributed by atoms with van der Waals surface area (Å²) < 4.78 is 5.43. The van der Waals surface area contributed by atoms with Crippen LogP contribution in [0.5, 0.6) is 11.5 Å². The van der Waals surface area contributed by atoms with Gasteiger partial charge >= 0.3 is 5.97 Å². The standard InChI is InChI=1S/C28H39ClN2O5.ClH/c1-17(9-11-21-26(34)22(16-32)19(3)25(29)27(21)35-8)13-14-28(5)18(2)10-12-23(20(28)4)30-36-24(33)15-31(6)7;/h9,13-14,16,18,20,34H,10-12,15H2,1-8H3;1H/b14-13+,17-9+,30-23?;/t18-,20+,28+;/m1./s1. The molecule has 0 heterocycles. The first-order chi connectivity index (χ1) is 16.9. The van der Waals surface area contributed by atoms with Gasteiger partial charge in [0.25, 0.3) is 0 Å². The van der Waals surface area contributed by atoms with Gasteiger partial charge < -0.3 is 14.7 Å². The maximum absolute atomic E-state index is 11.9. The van der Waals surface area contributed by atoms with Gasteiger partial charge in [-0.2, -0.15) is 0 Å². The molecule has 0 bridgehead atoms. The van der Waals surface area contributed by atoms with E-state index in [1.165, 1.54) is 7.11 Å². The second-order valence-electron chi connectivity index (χ2n) is 10.1. The summed E-state index contributed by atoms with van der Waals surface area (Å²) in [5.41, 5.74) is 2.83. The van der Waals surface area contributed by atoms with Crippen LogP contribution in [0, 0.1) is 24.2 Å². The number of hydrogen-bond donors (Lipinski definition) is 1. The molecule has 3 atom stereocenters. The lowest BCUT2D eigenvalue weighted by Gasteiger charge is -2.43. The van der Waals surface area contributed by atoms with Crippen LogP contribution in [0.2, 0.25) is 5.02 Å². The van der Waals surface area contributed by atoms with Crippen LogP contribution in [0.4, 0.5) is 0 Å². The molecular weight excluding hydrogens is 515 g/mol. The van der Waals surface area contributed by atoms with E-state index >= 15 is 0 Å². The number of rotatable bonds is 9. The minimum absolute atomic E-state index is 0. The van der Waals surface area contributed by atoms with Crippen LogP contribution in [0.25, 0.3) is 0 Å². The third kappa shape index (κ3) is 7.59. The van der Waals surface area contributed by atoms with Crippen LogP contribution < -0.4 is 4.74 Å². The second-order valence-corrected chi connectivity index (χ2v) is 10.5. The fraction of sp³-hybridized carbons (Fsp3) is 0.536. The Morgan fingerprint density at radius 1 is 1.32 bits per heavy atom. The number of phenolic OH excluding ortho intramolecular Hbond substituents is 1. The molecule has 0 aliphatic heterocycles. The van der Waals surface area contributed by atoms with Gasteiger partial charge in [-0.1, -0.05) is 61.3 Å². The van der Waals surface area contributed by atoms with Gasteiger partial charge in [-0.15, -0.1) is 12.4 Å². The van der Waals surface area contributed by atoms with Crippen molar-refractivity contribution in [2.45, 2.75) is 53.9 Å². The number of halogens is 2. The predicted octanol–water partition coefficient (Wildman–Crippen LogP) is 6.18. The van der Waals surface area contributed by atoms with Crippen molar-refractivity contribution in [3.8, 4) is 11.5 Å². The molecule has 2 rings (SSSR count). The van der Waals surface area contributed by atoms with E-state index in [-0.39, 0.29) is 47.6 Å². The Labute approximate surface area is 231 Å². The summed E-state index contributed by atoms with van der Waals surface area (Å²) in [5.74, 6) is 0.386. The van der Waals surface area contributed by atoms with E-state index in [0.29, 0.717) is 40.5 Å². The Morgan fingerprint density at radius 2 is 1.97 bits per heavy atom. The maximum atomic E-state index is 11.9. The molecule has 0 aromatic heterocycles. The van der Waals surface area contributed by atoms with Gasteiger partial charge in [0.2, 0.25) is 0 Å². The number of likely N-dealkylation sites (N-methyl/N-ethyl adjacent to an activating group) is 1. The maximum Gasteiger partial charge on any atom is 0.348 e. The van der Waals surface area contributed by atoms with Gasteiger partial charge in [-0.05, 0) is 64.1 Å². The molecule has 0 unspecified atom stereocenters. The van der Waals surface area contributed by atoms with Crippen molar-refractivity contribution in [1.29, 1.82) is 0 Å². The quantitative estimate of drug-likeness (QED) is 0.170. The molecule has 1 aromatic carbocycles. The van der Waals surface area contributed by atoms with E-state index in [2.05, 4.69) is 38.1 Å². The molecule has 0 saturated heterocycles. The predicted molar refractivity (Wildman–Crippen MR) is 151 cm³/mol. The molecule has 0 radical (unpaired) electrons. The van der Waals surface area contributed by atoms with Crippen LogP contribution in [-0.2, 0) is 16.1 Å². The first kappa shape index (κ1) is 32.7. The normalized spacial score (nSPS) is 23.3. The first-order valence-electron chi connectivity index (χ1n) is 12.2. The third-order valence-corrected chi connectivity index (χ3v) is 7.90. The van der Waals surface area contributed by atoms with Gasteiger partial charge in [0, 0.05) is 11.5 Å². The molecule has 1 aromatic rings. The van der Waals surface area contributed by atoms with Crippen molar-refractivity contribution in [3.63, 3.8) is 0 Å². The minimum Gasteiger partial charge on any atom is -0.507 e. The number of benzene rings is 1. The number of phenols is 1. The van der Waals surface area contributed by atoms with Crippen molar-refractivity contribution in [1.82, 2.24) is 4.90 Å². The van der Waals surface area contributed by atoms with E-state index in [9.17, 15) is 14.7 Å².